The minimum Gasteiger partial charge on any atom is -0.497 e. The molecule has 4 heteroatoms. The van der Waals surface area contributed by atoms with Crippen molar-refractivity contribution in [1.82, 2.24) is 5.32 Å². The summed E-state index contributed by atoms with van der Waals surface area (Å²) in [6.07, 6.45) is 5.84. The number of ether oxygens (including phenoxy) is 2. The first kappa shape index (κ1) is 14.6. The van der Waals surface area contributed by atoms with Gasteiger partial charge in [-0.25, -0.2) is 0 Å². The van der Waals surface area contributed by atoms with Gasteiger partial charge in [-0.15, -0.1) is 0 Å². The smallest absolute Gasteiger partial charge is 0.303 e. The average Bonchev–Trinajstić information content (AvgIpc) is 2.46. The van der Waals surface area contributed by atoms with Crippen molar-refractivity contribution in [2.75, 3.05) is 7.11 Å². The molecule has 0 spiro atoms. The van der Waals surface area contributed by atoms with E-state index in [2.05, 4.69) is 23.5 Å². The van der Waals surface area contributed by atoms with Crippen LogP contribution in [-0.4, -0.2) is 25.2 Å². The van der Waals surface area contributed by atoms with Crippen LogP contribution < -0.4 is 10.1 Å². The van der Waals surface area contributed by atoms with E-state index in [1.165, 1.54) is 12.5 Å². The zero-order valence-corrected chi connectivity index (χ0v) is 12.0. The SMILES string of the molecule is COc1ccc(CN[C@@H]2C=C[C@H](OC(C)=O)CC2)cc1. The molecule has 1 aromatic rings. The van der Waals surface area contributed by atoms with Crippen LogP contribution in [0.2, 0.25) is 0 Å². The number of methoxy groups -OCH3 is 1. The fraction of sp³-hybridized carbons (Fsp3) is 0.438. The normalized spacial score (nSPS) is 21.5. The van der Waals surface area contributed by atoms with E-state index in [-0.39, 0.29) is 12.1 Å². The lowest BCUT2D eigenvalue weighted by Crippen LogP contribution is -2.31. The predicted octanol–water partition coefficient (Wildman–Crippen LogP) is 2.44. The molecule has 108 valence electrons. The van der Waals surface area contributed by atoms with E-state index in [0.717, 1.165) is 25.1 Å². The monoisotopic (exact) mass is 275 g/mol. The lowest BCUT2D eigenvalue weighted by Gasteiger charge is -2.23. The van der Waals surface area contributed by atoms with Crippen molar-refractivity contribution >= 4 is 5.97 Å². The van der Waals surface area contributed by atoms with Crippen LogP contribution >= 0.6 is 0 Å². The van der Waals surface area contributed by atoms with Gasteiger partial charge in [0, 0.05) is 19.5 Å². The number of rotatable bonds is 5. The van der Waals surface area contributed by atoms with Crippen LogP contribution in [0.1, 0.15) is 25.3 Å². The Morgan fingerprint density at radius 3 is 2.55 bits per heavy atom. The van der Waals surface area contributed by atoms with Crippen LogP contribution in [0.4, 0.5) is 0 Å². The van der Waals surface area contributed by atoms with Gasteiger partial charge in [0.25, 0.3) is 0 Å². The number of esters is 1. The lowest BCUT2D eigenvalue weighted by molar-refractivity contribution is -0.144. The molecule has 0 radical (unpaired) electrons. The molecule has 0 bridgehead atoms. The number of carbonyl (C=O) groups is 1. The molecule has 2 atom stereocenters. The fourth-order valence-corrected chi connectivity index (χ4v) is 2.27. The zero-order chi connectivity index (χ0) is 14.4. The molecule has 1 N–H and O–H groups in total. The van der Waals surface area contributed by atoms with E-state index < -0.39 is 0 Å². The van der Waals surface area contributed by atoms with Gasteiger partial charge in [-0.05, 0) is 36.6 Å². The number of carbonyl (C=O) groups excluding carboxylic acids is 1. The van der Waals surface area contributed by atoms with E-state index in [4.69, 9.17) is 9.47 Å². The van der Waals surface area contributed by atoms with Crippen LogP contribution in [0.15, 0.2) is 36.4 Å². The second-order valence-electron chi connectivity index (χ2n) is 4.95. The fourth-order valence-electron chi connectivity index (χ4n) is 2.27. The Hall–Kier alpha value is -1.81. The Morgan fingerprint density at radius 1 is 1.25 bits per heavy atom. The summed E-state index contributed by atoms with van der Waals surface area (Å²) in [6, 6.07) is 8.37. The maximum atomic E-state index is 10.9. The molecular weight excluding hydrogens is 254 g/mol. The third-order valence-electron chi connectivity index (χ3n) is 3.37. The van der Waals surface area contributed by atoms with Gasteiger partial charge >= 0.3 is 5.97 Å². The molecule has 0 saturated carbocycles. The quantitative estimate of drug-likeness (QED) is 0.662. The molecular formula is C16H21NO3. The van der Waals surface area contributed by atoms with Gasteiger partial charge in [0.15, 0.2) is 0 Å². The van der Waals surface area contributed by atoms with Crippen molar-refractivity contribution < 1.29 is 14.3 Å². The van der Waals surface area contributed by atoms with Crippen LogP contribution in [0.5, 0.6) is 5.75 Å². The summed E-state index contributed by atoms with van der Waals surface area (Å²) in [7, 11) is 1.67. The summed E-state index contributed by atoms with van der Waals surface area (Å²) in [5.41, 5.74) is 1.22. The molecule has 1 aliphatic rings. The summed E-state index contributed by atoms with van der Waals surface area (Å²) in [4.78, 5) is 10.9. The second kappa shape index (κ2) is 7.10. The molecule has 0 aliphatic heterocycles. The van der Waals surface area contributed by atoms with Gasteiger partial charge in [0.2, 0.25) is 0 Å². The third-order valence-corrected chi connectivity index (χ3v) is 3.37. The van der Waals surface area contributed by atoms with E-state index in [1.807, 2.05) is 18.2 Å². The molecule has 1 aromatic carbocycles. The Kier molecular flexibility index (Phi) is 5.18. The Labute approximate surface area is 119 Å². The highest BCUT2D eigenvalue weighted by atomic mass is 16.5. The molecule has 0 saturated heterocycles. The number of nitrogens with one attached hydrogen (secondary N) is 1. The molecule has 0 fully saturated rings. The molecule has 0 aromatic heterocycles. The first-order valence-electron chi connectivity index (χ1n) is 6.89. The van der Waals surface area contributed by atoms with Crippen molar-refractivity contribution in [3.63, 3.8) is 0 Å². The summed E-state index contributed by atoms with van der Waals surface area (Å²) in [5, 5.41) is 3.48. The Balaban J connectivity index is 1.78. The summed E-state index contributed by atoms with van der Waals surface area (Å²) in [6.45, 7) is 2.26. The summed E-state index contributed by atoms with van der Waals surface area (Å²) < 4.78 is 10.3. The van der Waals surface area contributed by atoms with Crippen molar-refractivity contribution in [2.24, 2.45) is 0 Å². The van der Waals surface area contributed by atoms with Gasteiger partial charge in [0.1, 0.15) is 11.9 Å². The number of hydrogen-bond donors (Lipinski definition) is 1. The van der Waals surface area contributed by atoms with Crippen LogP contribution in [0.25, 0.3) is 0 Å². The highest BCUT2D eigenvalue weighted by Gasteiger charge is 2.17. The molecule has 20 heavy (non-hydrogen) atoms. The zero-order valence-electron chi connectivity index (χ0n) is 12.0. The van der Waals surface area contributed by atoms with E-state index in [9.17, 15) is 4.79 Å². The number of benzene rings is 1. The predicted molar refractivity (Wildman–Crippen MR) is 77.5 cm³/mol. The maximum Gasteiger partial charge on any atom is 0.303 e. The summed E-state index contributed by atoms with van der Waals surface area (Å²) in [5.74, 6) is 0.653. The van der Waals surface area contributed by atoms with Crippen LogP contribution in [0, 0.1) is 0 Å². The molecule has 0 heterocycles. The minimum atomic E-state index is -0.218. The number of hydrogen-bond acceptors (Lipinski definition) is 4. The molecule has 0 unspecified atom stereocenters. The van der Waals surface area contributed by atoms with Gasteiger partial charge in [-0.3, -0.25) is 4.79 Å². The van der Waals surface area contributed by atoms with Gasteiger partial charge < -0.3 is 14.8 Å². The van der Waals surface area contributed by atoms with Gasteiger partial charge in [0.05, 0.1) is 7.11 Å². The molecule has 1 aliphatic carbocycles. The minimum absolute atomic E-state index is 0.0634. The largest absolute Gasteiger partial charge is 0.497 e. The standard InChI is InChI=1S/C16H21NO3/c1-12(18)20-16-9-5-14(6-10-16)17-11-13-3-7-15(19-2)8-4-13/h3-5,7-9,14,16-17H,6,10-11H2,1-2H3/t14-,16+/m1/s1. The Bertz CT molecular complexity index is 467. The van der Waals surface area contributed by atoms with Crippen molar-refractivity contribution in [1.29, 1.82) is 0 Å². The summed E-state index contributed by atoms with van der Waals surface area (Å²) >= 11 is 0. The van der Waals surface area contributed by atoms with E-state index >= 15 is 0 Å². The first-order chi connectivity index (χ1) is 9.67. The molecule has 0 amide bonds. The van der Waals surface area contributed by atoms with Gasteiger partial charge in [-0.1, -0.05) is 18.2 Å². The highest BCUT2D eigenvalue weighted by molar-refractivity contribution is 5.66. The Morgan fingerprint density at radius 2 is 2.00 bits per heavy atom. The second-order valence-corrected chi connectivity index (χ2v) is 4.95. The molecule has 2 rings (SSSR count). The highest BCUT2D eigenvalue weighted by Crippen LogP contribution is 2.16. The average molecular weight is 275 g/mol. The van der Waals surface area contributed by atoms with E-state index in [0.29, 0.717) is 6.04 Å². The maximum absolute atomic E-state index is 10.9. The first-order valence-corrected chi connectivity index (χ1v) is 6.89. The van der Waals surface area contributed by atoms with E-state index in [1.54, 1.807) is 7.11 Å². The third kappa shape index (κ3) is 4.38. The van der Waals surface area contributed by atoms with Crippen molar-refractivity contribution in [2.45, 2.75) is 38.5 Å². The van der Waals surface area contributed by atoms with Crippen LogP contribution in [0.3, 0.4) is 0 Å². The molecule has 4 nitrogen and oxygen atoms in total. The topological polar surface area (TPSA) is 47.6 Å². The van der Waals surface area contributed by atoms with Crippen molar-refractivity contribution in [3.05, 3.63) is 42.0 Å². The lowest BCUT2D eigenvalue weighted by atomic mass is 10.00. The van der Waals surface area contributed by atoms with Crippen molar-refractivity contribution in [3.8, 4) is 5.75 Å². The van der Waals surface area contributed by atoms with Crippen LogP contribution in [-0.2, 0) is 16.1 Å². The van der Waals surface area contributed by atoms with Gasteiger partial charge in [-0.2, -0.15) is 0 Å².